The number of nitrogens with two attached hydrogens (primary N) is 1. The van der Waals surface area contributed by atoms with Crippen LogP contribution < -0.4 is 19.9 Å². The minimum absolute atomic E-state index is 0.325. The zero-order valence-corrected chi connectivity index (χ0v) is 14.0. The third-order valence-electron chi connectivity index (χ3n) is 2.48. The van der Waals surface area contributed by atoms with E-state index in [1.54, 1.807) is 31.4 Å². The fourth-order valence-corrected chi connectivity index (χ4v) is 2.40. The van der Waals surface area contributed by atoms with Gasteiger partial charge in [-0.1, -0.05) is 0 Å². The number of aromatic nitrogens is 1. The van der Waals surface area contributed by atoms with Crippen molar-refractivity contribution in [3.63, 3.8) is 0 Å². The van der Waals surface area contributed by atoms with Crippen LogP contribution in [0.3, 0.4) is 0 Å². The lowest BCUT2D eigenvalue weighted by molar-refractivity contribution is 0.384. The topological polar surface area (TPSA) is 66.6 Å². The molecule has 7 heteroatoms. The largest absolute Gasteiger partial charge is 0.496 e. The third kappa shape index (κ3) is 3.16. The van der Waals surface area contributed by atoms with Crippen LogP contribution in [0.25, 0.3) is 0 Å². The molecule has 0 radical (unpaired) electrons. The fraction of sp³-hybridized carbons (Fsp3) is 0.154. The number of rotatable bonds is 4. The summed E-state index contributed by atoms with van der Waals surface area (Å²) >= 11 is 6.82. The van der Waals surface area contributed by atoms with Gasteiger partial charge in [-0.25, -0.2) is 0 Å². The van der Waals surface area contributed by atoms with Gasteiger partial charge in [-0.3, -0.25) is 0 Å². The van der Waals surface area contributed by atoms with Crippen LogP contribution in [-0.2, 0) is 0 Å². The molecule has 0 unspecified atom stereocenters. The summed E-state index contributed by atoms with van der Waals surface area (Å²) in [6.07, 6.45) is 0. The highest BCUT2D eigenvalue weighted by molar-refractivity contribution is 9.11. The molecule has 0 spiro atoms. The van der Waals surface area contributed by atoms with Gasteiger partial charge in [0.25, 0.3) is 0 Å². The molecule has 1 heterocycles. The van der Waals surface area contributed by atoms with Crippen molar-refractivity contribution in [3.05, 3.63) is 33.2 Å². The SMILES string of the molecule is COc1cc(Br)c(Oc2ccc(N)c(OC)n2)cc1Br. The molecule has 0 saturated heterocycles. The smallest absolute Gasteiger partial charge is 0.240 e. The predicted molar refractivity (Wildman–Crippen MR) is 83.7 cm³/mol. The van der Waals surface area contributed by atoms with Gasteiger partial charge in [0.15, 0.2) is 0 Å². The standard InChI is InChI=1S/C13H12Br2N2O3/c1-18-10-5-8(15)11(6-7(10)14)20-12-4-3-9(16)13(17-12)19-2/h3-6H,16H2,1-2H3. The number of methoxy groups -OCH3 is 2. The second-order valence-electron chi connectivity index (χ2n) is 3.77. The Balaban J connectivity index is 2.32. The number of hydrogen-bond donors (Lipinski definition) is 1. The zero-order valence-electron chi connectivity index (χ0n) is 10.8. The molecule has 0 atom stereocenters. The van der Waals surface area contributed by atoms with E-state index in [0.29, 0.717) is 28.9 Å². The van der Waals surface area contributed by atoms with Crippen molar-refractivity contribution in [1.29, 1.82) is 0 Å². The van der Waals surface area contributed by atoms with Crippen molar-refractivity contribution in [2.45, 2.75) is 0 Å². The van der Waals surface area contributed by atoms with E-state index in [0.717, 1.165) is 8.95 Å². The quantitative estimate of drug-likeness (QED) is 0.835. The predicted octanol–water partition coefficient (Wildman–Crippen LogP) is 4.00. The van der Waals surface area contributed by atoms with Crippen molar-refractivity contribution >= 4 is 37.5 Å². The molecule has 0 saturated carbocycles. The summed E-state index contributed by atoms with van der Waals surface area (Å²) in [4.78, 5) is 4.16. The van der Waals surface area contributed by atoms with Crippen molar-refractivity contribution in [1.82, 2.24) is 4.98 Å². The van der Waals surface area contributed by atoms with Gasteiger partial charge in [-0.2, -0.15) is 4.98 Å². The normalized spacial score (nSPS) is 10.2. The zero-order chi connectivity index (χ0) is 14.7. The van der Waals surface area contributed by atoms with E-state index in [-0.39, 0.29) is 0 Å². The van der Waals surface area contributed by atoms with E-state index >= 15 is 0 Å². The highest BCUT2D eigenvalue weighted by Crippen LogP contribution is 2.38. The lowest BCUT2D eigenvalue weighted by Gasteiger charge is -2.11. The summed E-state index contributed by atoms with van der Waals surface area (Å²) in [5, 5.41) is 0. The maximum Gasteiger partial charge on any atom is 0.240 e. The molecule has 0 aliphatic carbocycles. The Bertz CT molecular complexity index is 635. The second kappa shape index (κ2) is 6.32. The molecular weight excluding hydrogens is 392 g/mol. The minimum Gasteiger partial charge on any atom is -0.496 e. The number of halogens is 2. The van der Waals surface area contributed by atoms with E-state index in [4.69, 9.17) is 19.9 Å². The highest BCUT2D eigenvalue weighted by atomic mass is 79.9. The van der Waals surface area contributed by atoms with Gasteiger partial charge in [-0.05, 0) is 50.1 Å². The number of benzene rings is 1. The third-order valence-corrected chi connectivity index (χ3v) is 3.72. The van der Waals surface area contributed by atoms with Crippen molar-refractivity contribution in [3.8, 4) is 23.3 Å². The van der Waals surface area contributed by atoms with Crippen LogP contribution in [-0.4, -0.2) is 19.2 Å². The van der Waals surface area contributed by atoms with E-state index in [1.807, 2.05) is 0 Å². The van der Waals surface area contributed by atoms with Crippen LogP contribution in [0.1, 0.15) is 0 Å². The number of nitrogens with zero attached hydrogens (tertiary/aromatic N) is 1. The molecule has 0 fully saturated rings. The molecule has 106 valence electrons. The van der Waals surface area contributed by atoms with Crippen molar-refractivity contribution in [2.75, 3.05) is 20.0 Å². The Labute approximate surface area is 133 Å². The molecule has 2 N–H and O–H groups in total. The van der Waals surface area contributed by atoms with Gasteiger partial charge < -0.3 is 19.9 Å². The van der Waals surface area contributed by atoms with Gasteiger partial charge in [0.2, 0.25) is 11.8 Å². The molecule has 2 aromatic rings. The molecule has 20 heavy (non-hydrogen) atoms. The first-order valence-corrected chi connectivity index (χ1v) is 7.15. The summed E-state index contributed by atoms with van der Waals surface area (Å²) in [6.45, 7) is 0. The van der Waals surface area contributed by atoms with E-state index < -0.39 is 0 Å². The summed E-state index contributed by atoms with van der Waals surface area (Å²) in [5.74, 6) is 2.00. The van der Waals surface area contributed by atoms with Gasteiger partial charge in [0, 0.05) is 6.07 Å². The molecule has 0 amide bonds. The summed E-state index contributed by atoms with van der Waals surface area (Å²) < 4.78 is 17.5. The van der Waals surface area contributed by atoms with Gasteiger partial charge in [-0.15, -0.1) is 0 Å². The van der Waals surface area contributed by atoms with Crippen LogP contribution >= 0.6 is 31.9 Å². The Morgan fingerprint density at radius 3 is 2.30 bits per heavy atom. The minimum atomic E-state index is 0.325. The van der Waals surface area contributed by atoms with E-state index in [2.05, 4.69) is 36.8 Å². The number of pyridine rings is 1. The monoisotopic (exact) mass is 402 g/mol. The number of anilines is 1. The summed E-state index contributed by atoms with van der Waals surface area (Å²) in [5.41, 5.74) is 6.16. The number of ether oxygens (including phenoxy) is 3. The number of nitrogen functional groups attached to an aromatic ring is 1. The highest BCUT2D eigenvalue weighted by Gasteiger charge is 2.11. The van der Waals surface area contributed by atoms with Gasteiger partial charge in [0.05, 0.1) is 28.9 Å². The maximum absolute atomic E-state index is 5.71. The Kier molecular flexibility index (Phi) is 4.72. The first kappa shape index (κ1) is 14.9. The Morgan fingerprint density at radius 2 is 1.65 bits per heavy atom. The molecule has 0 bridgehead atoms. The van der Waals surface area contributed by atoms with E-state index in [1.165, 1.54) is 7.11 Å². The lowest BCUT2D eigenvalue weighted by atomic mass is 10.3. The first-order valence-electron chi connectivity index (χ1n) is 5.56. The van der Waals surface area contributed by atoms with Crippen LogP contribution in [0.5, 0.6) is 23.3 Å². The van der Waals surface area contributed by atoms with Crippen LogP contribution in [0.15, 0.2) is 33.2 Å². The Hall–Kier alpha value is -1.47. The fourth-order valence-electron chi connectivity index (χ4n) is 1.51. The van der Waals surface area contributed by atoms with Crippen molar-refractivity contribution < 1.29 is 14.2 Å². The van der Waals surface area contributed by atoms with Crippen molar-refractivity contribution in [2.24, 2.45) is 0 Å². The molecule has 0 aliphatic rings. The maximum atomic E-state index is 5.71. The van der Waals surface area contributed by atoms with E-state index in [9.17, 15) is 0 Å². The molecule has 0 aliphatic heterocycles. The van der Waals surface area contributed by atoms with Gasteiger partial charge in [0.1, 0.15) is 11.5 Å². The van der Waals surface area contributed by atoms with Crippen LogP contribution in [0.2, 0.25) is 0 Å². The molecule has 1 aromatic carbocycles. The molecule has 2 rings (SSSR count). The lowest BCUT2D eigenvalue weighted by Crippen LogP contribution is -1.97. The average molecular weight is 404 g/mol. The molecule has 5 nitrogen and oxygen atoms in total. The summed E-state index contributed by atoms with van der Waals surface area (Å²) in [6, 6.07) is 6.93. The van der Waals surface area contributed by atoms with Gasteiger partial charge >= 0.3 is 0 Å². The van der Waals surface area contributed by atoms with Crippen LogP contribution in [0.4, 0.5) is 5.69 Å². The first-order chi connectivity index (χ1) is 9.55. The second-order valence-corrected chi connectivity index (χ2v) is 5.48. The van der Waals surface area contributed by atoms with Crippen LogP contribution in [0, 0.1) is 0 Å². The number of hydrogen-bond acceptors (Lipinski definition) is 5. The molecular formula is C13H12Br2N2O3. The molecule has 1 aromatic heterocycles. The Morgan fingerprint density at radius 1 is 1.00 bits per heavy atom. The summed E-state index contributed by atoms with van der Waals surface area (Å²) in [7, 11) is 3.10. The average Bonchev–Trinajstić information content (AvgIpc) is 2.44.